The van der Waals surface area contributed by atoms with Crippen LogP contribution in [0.15, 0.2) is 34.9 Å². The topological polar surface area (TPSA) is 48.7 Å². The summed E-state index contributed by atoms with van der Waals surface area (Å²) in [4.78, 5) is 11.9. The molecule has 22 heavy (non-hydrogen) atoms. The zero-order chi connectivity index (χ0) is 16.3. The van der Waals surface area contributed by atoms with E-state index in [9.17, 15) is 18.0 Å². The van der Waals surface area contributed by atoms with E-state index in [1.807, 2.05) is 0 Å². The van der Waals surface area contributed by atoms with Crippen LogP contribution in [0.1, 0.15) is 22.8 Å². The fraction of sp³-hybridized carbons (Fsp3) is 0.267. The van der Waals surface area contributed by atoms with Gasteiger partial charge in [-0.05, 0) is 31.2 Å². The van der Waals surface area contributed by atoms with Crippen molar-refractivity contribution in [2.45, 2.75) is 13.1 Å². The van der Waals surface area contributed by atoms with Crippen LogP contribution in [0.3, 0.4) is 0 Å². The highest BCUT2D eigenvalue weighted by molar-refractivity contribution is 5.97. The molecule has 0 amide bonds. The molecule has 2 rings (SSSR count). The Kier molecular flexibility index (Phi) is 4.44. The van der Waals surface area contributed by atoms with Gasteiger partial charge in [-0.2, -0.15) is 13.2 Å². The summed E-state index contributed by atoms with van der Waals surface area (Å²) in [6.07, 6.45) is -4.19. The summed E-state index contributed by atoms with van der Waals surface area (Å²) in [6, 6.07) is 6.11. The number of esters is 1. The molecule has 0 atom stereocenters. The van der Waals surface area contributed by atoms with E-state index in [2.05, 4.69) is 0 Å². The van der Waals surface area contributed by atoms with Gasteiger partial charge in [0.15, 0.2) is 0 Å². The van der Waals surface area contributed by atoms with Crippen LogP contribution in [0.5, 0.6) is 5.75 Å². The average molecular weight is 314 g/mol. The predicted molar refractivity (Wildman–Crippen MR) is 71.7 cm³/mol. The SMILES string of the molecule is CCOC(=O)c1c(C(F)(F)F)coc1-c1ccc(OC)cc1. The standard InChI is InChI=1S/C15H13F3O4/c1-3-21-14(19)12-11(15(16,17)18)8-22-13(12)9-4-6-10(20-2)7-5-9/h4-8H,3H2,1-2H3. The Labute approximate surface area is 124 Å². The summed E-state index contributed by atoms with van der Waals surface area (Å²) < 4.78 is 53.7. The minimum Gasteiger partial charge on any atom is -0.497 e. The van der Waals surface area contributed by atoms with E-state index in [1.165, 1.54) is 26.2 Å². The minimum atomic E-state index is -4.71. The van der Waals surface area contributed by atoms with Crippen LogP contribution in [-0.4, -0.2) is 19.7 Å². The van der Waals surface area contributed by atoms with Crippen molar-refractivity contribution in [2.24, 2.45) is 0 Å². The van der Waals surface area contributed by atoms with Crippen molar-refractivity contribution in [3.05, 3.63) is 41.7 Å². The van der Waals surface area contributed by atoms with E-state index < -0.39 is 23.3 Å². The molecule has 0 aliphatic rings. The van der Waals surface area contributed by atoms with Crippen molar-refractivity contribution in [3.8, 4) is 17.1 Å². The van der Waals surface area contributed by atoms with Crippen LogP contribution < -0.4 is 4.74 Å². The van der Waals surface area contributed by atoms with Crippen LogP contribution in [0, 0.1) is 0 Å². The Balaban J connectivity index is 2.55. The maximum atomic E-state index is 13.0. The second kappa shape index (κ2) is 6.13. The Hall–Kier alpha value is -2.44. The molecule has 0 N–H and O–H groups in total. The molecule has 1 aromatic carbocycles. The summed E-state index contributed by atoms with van der Waals surface area (Å²) in [5, 5.41) is 0. The van der Waals surface area contributed by atoms with Gasteiger partial charge in [-0.15, -0.1) is 0 Å². The fourth-order valence-electron chi connectivity index (χ4n) is 1.93. The number of hydrogen-bond donors (Lipinski definition) is 0. The molecule has 118 valence electrons. The third-order valence-electron chi connectivity index (χ3n) is 2.93. The van der Waals surface area contributed by atoms with Crippen molar-refractivity contribution >= 4 is 5.97 Å². The molecule has 1 aromatic heterocycles. The Bertz CT molecular complexity index is 656. The maximum Gasteiger partial charge on any atom is 0.420 e. The lowest BCUT2D eigenvalue weighted by molar-refractivity contribution is -0.138. The molecule has 0 aliphatic carbocycles. The first-order valence-electron chi connectivity index (χ1n) is 6.38. The molecule has 4 nitrogen and oxygen atoms in total. The van der Waals surface area contributed by atoms with E-state index in [-0.39, 0.29) is 12.4 Å². The molecule has 0 spiro atoms. The van der Waals surface area contributed by atoms with Crippen LogP contribution in [0.2, 0.25) is 0 Å². The van der Waals surface area contributed by atoms with Gasteiger partial charge in [0, 0.05) is 5.56 Å². The molecule has 0 unspecified atom stereocenters. The van der Waals surface area contributed by atoms with Gasteiger partial charge >= 0.3 is 12.1 Å². The number of carbonyl (C=O) groups is 1. The Morgan fingerprint density at radius 2 is 1.86 bits per heavy atom. The first kappa shape index (κ1) is 15.9. The average Bonchev–Trinajstić information content (AvgIpc) is 2.92. The molecule has 0 bridgehead atoms. The molecule has 2 aromatic rings. The van der Waals surface area contributed by atoms with E-state index >= 15 is 0 Å². The highest BCUT2D eigenvalue weighted by Crippen LogP contribution is 2.39. The van der Waals surface area contributed by atoms with Crippen LogP contribution in [-0.2, 0) is 10.9 Å². The quantitative estimate of drug-likeness (QED) is 0.795. The van der Waals surface area contributed by atoms with Gasteiger partial charge in [0.25, 0.3) is 0 Å². The van der Waals surface area contributed by atoms with Crippen LogP contribution in [0.4, 0.5) is 13.2 Å². The van der Waals surface area contributed by atoms with Crippen LogP contribution >= 0.6 is 0 Å². The number of ether oxygens (including phenoxy) is 2. The van der Waals surface area contributed by atoms with Gasteiger partial charge in [-0.1, -0.05) is 0 Å². The molecule has 0 aliphatic heterocycles. The highest BCUT2D eigenvalue weighted by Gasteiger charge is 2.40. The molecule has 0 saturated heterocycles. The number of hydrogen-bond acceptors (Lipinski definition) is 4. The smallest absolute Gasteiger partial charge is 0.420 e. The molecular weight excluding hydrogens is 301 g/mol. The first-order valence-corrected chi connectivity index (χ1v) is 6.38. The van der Waals surface area contributed by atoms with Crippen molar-refractivity contribution in [1.82, 2.24) is 0 Å². The van der Waals surface area contributed by atoms with Crippen LogP contribution in [0.25, 0.3) is 11.3 Å². The van der Waals surface area contributed by atoms with Crippen molar-refractivity contribution in [1.29, 1.82) is 0 Å². The minimum absolute atomic E-state index is 0.0383. The third kappa shape index (κ3) is 3.08. The number of furan rings is 1. The monoisotopic (exact) mass is 314 g/mol. The van der Waals surface area contributed by atoms with E-state index in [0.29, 0.717) is 17.6 Å². The van der Waals surface area contributed by atoms with E-state index in [1.54, 1.807) is 12.1 Å². The molecule has 0 saturated carbocycles. The number of halogens is 3. The number of rotatable bonds is 4. The summed E-state index contributed by atoms with van der Waals surface area (Å²) in [5.41, 5.74) is -1.46. The van der Waals surface area contributed by atoms with Crippen molar-refractivity contribution in [3.63, 3.8) is 0 Å². The summed E-state index contributed by atoms with van der Waals surface area (Å²) in [7, 11) is 1.47. The number of carbonyl (C=O) groups excluding carboxylic acids is 1. The maximum absolute atomic E-state index is 13.0. The van der Waals surface area contributed by atoms with E-state index in [0.717, 1.165) is 0 Å². The number of benzene rings is 1. The lowest BCUT2D eigenvalue weighted by atomic mass is 10.0. The normalized spacial score (nSPS) is 11.3. The summed E-state index contributed by atoms with van der Waals surface area (Å²) in [5.74, 6) is -0.730. The number of methoxy groups -OCH3 is 1. The number of alkyl halides is 3. The predicted octanol–water partition coefficient (Wildman–Crippen LogP) is 4.15. The third-order valence-corrected chi connectivity index (χ3v) is 2.93. The van der Waals surface area contributed by atoms with Gasteiger partial charge in [-0.3, -0.25) is 0 Å². The molecular formula is C15H13F3O4. The van der Waals surface area contributed by atoms with Gasteiger partial charge in [0.2, 0.25) is 0 Å². The fourth-order valence-corrected chi connectivity index (χ4v) is 1.93. The van der Waals surface area contributed by atoms with Gasteiger partial charge in [-0.25, -0.2) is 4.79 Å². The second-order valence-electron chi connectivity index (χ2n) is 4.30. The van der Waals surface area contributed by atoms with Gasteiger partial charge in [0.1, 0.15) is 28.9 Å². The Morgan fingerprint density at radius 3 is 2.36 bits per heavy atom. The molecule has 7 heteroatoms. The second-order valence-corrected chi connectivity index (χ2v) is 4.30. The zero-order valence-corrected chi connectivity index (χ0v) is 11.9. The van der Waals surface area contributed by atoms with Crippen molar-refractivity contribution in [2.75, 3.05) is 13.7 Å². The largest absolute Gasteiger partial charge is 0.497 e. The summed E-state index contributed by atoms with van der Waals surface area (Å²) >= 11 is 0. The summed E-state index contributed by atoms with van der Waals surface area (Å²) in [6.45, 7) is 1.47. The molecule has 0 radical (unpaired) electrons. The lowest BCUT2D eigenvalue weighted by Crippen LogP contribution is -2.13. The molecule has 1 heterocycles. The van der Waals surface area contributed by atoms with Gasteiger partial charge < -0.3 is 13.9 Å². The molecule has 0 fully saturated rings. The Morgan fingerprint density at radius 1 is 1.23 bits per heavy atom. The van der Waals surface area contributed by atoms with E-state index in [4.69, 9.17) is 13.9 Å². The lowest BCUT2D eigenvalue weighted by Gasteiger charge is -2.08. The highest BCUT2D eigenvalue weighted by atomic mass is 19.4. The zero-order valence-electron chi connectivity index (χ0n) is 11.9. The van der Waals surface area contributed by atoms with Crippen molar-refractivity contribution < 1.29 is 31.9 Å². The first-order chi connectivity index (χ1) is 10.4. The van der Waals surface area contributed by atoms with Gasteiger partial charge in [0.05, 0.1) is 13.7 Å².